The number of hydrogen-bond donors (Lipinski definition) is 1. The Bertz CT molecular complexity index is 784. The first-order valence-corrected chi connectivity index (χ1v) is 8.32. The average molecular weight is 319 g/mol. The van der Waals surface area contributed by atoms with Crippen molar-refractivity contribution >= 4 is 17.7 Å². The van der Waals surface area contributed by atoms with Crippen LogP contribution >= 0.6 is 0 Å². The van der Waals surface area contributed by atoms with Crippen LogP contribution in [-0.2, 0) is 0 Å². The Morgan fingerprint density at radius 2 is 1.92 bits per heavy atom. The highest BCUT2D eigenvalue weighted by molar-refractivity contribution is 6.04. The van der Waals surface area contributed by atoms with Gasteiger partial charge in [0.25, 0.3) is 5.91 Å². The number of carbonyl (C=O) groups is 1. The van der Waals surface area contributed by atoms with Crippen molar-refractivity contribution in [2.24, 2.45) is 0 Å². The lowest BCUT2D eigenvalue weighted by atomic mass is 10.0. The summed E-state index contributed by atoms with van der Waals surface area (Å²) >= 11 is 0. The van der Waals surface area contributed by atoms with Gasteiger partial charge in [-0.3, -0.25) is 4.79 Å². The van der Waals surface area contributed by atoms with Gasteiger partial charge in [0.15, 0.2) is 0 Å². The highest BCUT2D eigenvalue weighted by Gasteiger charge is 2.07. The van der Waals surface area contributed by atoms with Crippen LogP contribution in [0.2, 0.25) is 0 Å². The summed E-state index contributed by atoms with van der Waals surface area (Å²) in [5.41, 5.74) is 6.15. The third-order valence-electron chi connectivity index (χ3n) is 4.03. The highest BCUT2D eigenvalue weighted by Crippen LogP contribution is 2.16. The third-order valence-corrected chi connectivity index (χ3v) is 4.03. The molecule has 24 heavy (non-hydrogen) atoms. The first kappa shape index (κ1) is 17.7. The third kappa shape index (κ3) is 4.95. The van der Waals surface area contributed by atoms with Gasteiger partial charge in [-0.25, -0.2) is 0 Å². The Balaban J connectivity index is 2.19. The second-order valence-corrected chi connectivity index (χ2v) is 6.12. The zero-order chi connectivity index (χ0) is 17.5. The molecule has 0 atom stereocenters. The van der Waals surface area contributed by atoms with Crippen LogP contribution in [0.15, 0.2) is 60.2 Å². The number of aryl methyl sites for hydroxylation is 2. The molecular weight excluding hydrogens is 294 g/mol. The van der Waals surface area contributed by atoms with Crippen molar-refractivity contribution in [3.05, 3.63) is 82.4 Å². The van der Waals surface area contributed by atoms with Crippen molar-refractivity contribution in [1.29, 1.82) is 0 Å². The fourth-order valence-corrected chi connectivity index (χ4v) is 2.32. The number of benzene rings is 2. The van der Waals surface area contributed by atoms with Crippen molar-refractivity contribution in [2.45, 2.75) is 34.1 Å². The first-order valence-electron chi connectivity index (χ1n) is 8.32. The molecule has 0 aliphatic carbocycles. The Hall–Kier alpha value is -2.61. The van der Waals surface area contributed by atoms with Crippen LogP contribution in [0.4, 0.5) is 5.69 Å². The number of rotatable bonds is 5. The van der Waals surface area contributed by atoms with Crippen LogP contribution in [0.3, 0.4) is 0 Å². The molecule has 0 saturated carbocycles. The van der Waals surface area contributed by atoms with Crippen molar-refractivity contribution in [3.63, 3.8) is 0 Å². The molecule has 0 saturated heterocycles. The molecule has 2 heteroatoms. The first-order chi connectivity index (χ1) is 11.5. The van der Waals surface area contributed by atoms with Gasteiger partial charge in [0.1, 0.15) is 0 Å². The van der Waals surface area contributed by atoms with Gasteiger partial charge in [-0.1, -0.05) is 48.9 Å². The molecule has 0 aliphatic heterocycles. The number of nitrogens with one attached hydrogen (secondary N) is 1. The number of carbonyl (C=O) groups excluding carboxylic acids is 1. The molecule has 0 aromatic heterocycles. The molecule has 2 nitrogen and oxygen atoms in total. The fraction of sp³-hybridized carbons (Fsp3) is 0.227. The second-order valence-electron chi connectivity index (χ2n) is 6.12. The number of anilines is 1. The molecule has 0 heterocycles. The van der Waals surface area contributed by atoms with Crippen molar-refractivity contribution < 1.29 is 4.79 Å². The maximum Gasteiger partial charge on any atom is 0.255 e. The summed E-state index contributed by atoms with van der Waals surface area (Å²) in [7, 11) is 0. The van der Waals surface area contributed by atoms with Gasteiger partial charge in [-0.15, -0.1) is 0 Å². The van der Waals surface area contributed by atoms with Gasteiger partial charge >= 0.3 is 0 Å². The van der Waals surface area contributed by atoms with E-state index in [2.05, 4.69) is 38.2 Å². The van der Waals surface area contributed by atoms with E-state index in [1.165, 1.54) is 5.57 Å². The Kier molecular flexibility index (Phi) is 6.14. The summed E-state index contributed by atoms with van der Waals surface area (Å²) in [4.78, 5) is 12.5. The molecule has 2 aromatic rings. The van der Waals surface area contributed by atoms with Crippen LogP contribution in [0.5, 0.6) is 0 Å². The lowest BCUT2D eigenvalue weighted by Gasteiger charge is -2.08. The minimum atomic E-state index is -0.0875. The van der Waals surface area contributed by atoms with Crippen LogP contribution in [0.1, 0.15) is 47.3 Å². The van der Waals surface area contributed by atoms with E-state index in [0.29, 0.717) is 5.56 Å². The van der Waals surface area contributed by atoms with Gasteiger partial charge < -0.3 is 5.32 Å². The maximum absolute atomic E-state index is 12.5. The van der Waals surface area contributed by atoms with E-state index in [-0.39, 0.29) is 5.91 Å². The van der Waals surface area contributed by atoms with Gasteiger partial charge in [-0.2, -0.15) is 0 Å². The van der Waals surface area contributed by atoms with E-state index in [1.807, 2.05) is 55.5 Å². The summed E-state index contributed by atoms with van der Waals surface area (Å²) in [5.74, 6) is -0.0875. The molecule has 2 rings (SSSR count). The van der Waals surface area contributed by atoms with Crippen molar-refractivity contribution in [2.75, 3.05) is 5.32 Å². The summed E-state index contributed by atoms with van der Waals surface area (Å²) in [6.07, 6.45) is 7.25. The maximum atomic E-state index is 12.5. The molecule has 124 valence electrons. The molecular formula is C22H25NO. The number of amides is 1. The Morgan fingerprint density at radius 3 is 2.62 bits per heavy atom. The van der Waals surface area contributed by atoms with Crippen LogP contribution in [0, 0.1) is 13.8 Å². The molecule has 0 bridgehead atoms. The normalized spacial score (nSPS) is 11.8. The predicted molar refractivity (Wildman–Crippen MR) is 103 cm³/mol. The quantitative estimate of drug-likeness (QED) is 0.680. The molecule has 0 aliphatic rings. The number of allylic oxidation sites excluding steroid dienone is 3. The van der Waals surface area contributed by atoms with Gasteiger partial charge in [-0.05, 0) is 68.1 Å². The molecule has 1 N–H and O–H groups in total. The lowest BCUT2D eigenvalue weighted by Crippen LogP contribution is -2.12. The van der Waals surface area contributed by atoms with Gasteiger partial charge in [0, 0.05) is 11.3 Å². The zero-order valence-electron chi connectivity index (χ0n) is 14.9. The molecule has 0 spiro atoms. The van der Waals surface area contributed by atoms with Crippen LogP contribution in [-0.4, -0.2) is 5.91 Å². The molecule has 1 amide bonds. The summed E-state index contributed by atoms with van der Waals surface area (Å²) < 4.78 is 0. The van der Waals surface area contributed by atoms with Crippen LogP contribution < -0.4 is 5.32 Å². The fourth-order valence-electron chi connectivity index (χ4n) is 2.32. The predicted octanol–water partition coefficient (Wildman–Crippen LogP) is 5.93. The largest absolute Gasteiger partial charge is 0.322 e. The lowest BCUT2D eigenvalue weighted by molar-refractivity contribution is 0.102. The Morgan fingerprint density at radius 1 is 1.12 bits per heavy atom. The SMILES string of the molecule is CC/C(C)=C/C=C\c1cc(C(=O)Nc2cccc(C)c2)ccc1C. The summed E-state index contributed by atoms with van der Waals surface area (Å²) in [6, 6.07) is 13.6. The molecule has 0 unspecified atom stereocenters. The summed E-state index contributed by atoms with van der Waals surface area (Å²) in [6.45, 7) is 8.32. The summed E-state index contributed by atoms with van der Waals surface area (Å²) in [5, 5.41) is 2.95. The van der Waals surface area contributed by atoms with Crippen molar-refractivity contribution in [1.82, 2.24) is 0 Å². The van der Waals surface area contributed by atoms with E-state index in [4.69, 9.17) is 0 Å². The van der Waals surface area contributed by atoms with E-state index in [9.17, 15) is 4.79 Å². The Labute approximate surface area is 144 Å². The standard InChI is InChI=1S/C22H25NO/c1-5-16(2)8-6-10-19-15-20(13-12-18(19)4)22(24)23-21-11-7-9-17(3)14-21/h6-15H,5H2,1-4H3,(H,23,24)/b10-6-,16-8+. The molecule has 0 radical (unpaired) electrons. The van der Waals surface area contributed by atoms with Gasteiger partial charge in [0.2, 0.25) is 0 Å². The van der Waals surface area contributed by atoms with E-state index in [1.54, 1.807) is 0 Å². The van der Waals surface area contributed by atoms with Gasteiger partial charge in [0.05, 0.1) is 0 Å². The molecule has 2 aromatic carbocycles. The smallest absolute Gasteiger partial charge is 0.255 e. The average Bonchev–Trinajstić information content (AvgIpc) is 2.56. The zero-order valence-corrected chi connectivity index (χ0v) is 14.9. The van der Waals surface area contributed by atoms with E-state index < -0.39 is 0 Å². The monoisotopic (exact) mass is 319 g/mol. The topological polar surface area (TPSA) is 29.1 Å². The minimum Gasteiger partial charge on any atom is -0.322 e. The highest BCUT2D eigenvalue weighted by atomic mass is 16.1. The molecule has 0 fully saturated rings. The second kappa shape index (κ2) is 8.30. The van der Waals surface area contributed by atoms with Crippen LogP contribution in [0.25, 0.3) is 6.08 Å². The van der Waals surface area contributed by atoms with E-state index >= 15 is 0 Å². The minimum absolute atomic E-state index is 0.0875. The van der Waals surface area contributed by atoms with E-state index in [0.717, 1.165) is 28.8 Å². The number of hydrogen-bond acceptors (Lipinski definition) is 1. The van der Waals surface area contributed by atoms with Crippen molar-refractivity contribution in [3.8, 4) is 0 Å².